The minimum atomic E-state index is 0.811. The average Bonchev–Trinajstić information content (AvgIpc) is 2.73. The van der Waals surface area contributed by atoms with Crippen molar-refractivity contribution in [2.24, 2.45) is 0 Å². The maximum Gasteiger partial charge on any atom is 0.0983 e. The largest absolute Gasteiger partial charge is 0.398 e. The van der Waals surface area contributed by atoms with Crippen LogP contribution >= 0.6 is 11.3 Å². The number of nitrogens with two attached hydrogens (primary N) is 1. The molecule has 2 aromatic carbocycles. The molecule has 1 aromatic heterocycles. The fourth-order valence-electron chi connectivity index (χ4n) is 2.02. The van der Waals surface area contributed by atoms with Crippen LogP contribution in [0, 0.1) is 6.92 Å². The van der Waals surface area contributed by atoms with Crippen LogP contribution in [0.3, 0.4) is 0 Å². The lowest BCUT2D eigenvalue weighted by atomic mass is 10.1. The fourth-order valence-corrected chi connectivity index (χ4v) is 2.99. The third kappa shape index (κ3) is 2.09. The standard InChI is InChI=1S/C15H14N2S/c1-10-6-7-14-13(8-10)17-15(18-14)9-11-4-2-3-5-12(11)16/h2-8H,9,16H2,1H3. The molecule has 3 aromatic rings. The zero-order valence-electron chi connectivity index (χ0n) is 10.2. The molecule has 18 heavy (non-hydrogen) atoms. The van der Waals surface area contributed by atoms with Crippen molar-refractivity contribution in [2.75, 3.05) is 5.73 Å². The van der Waals surface area contributed by atoms with Crippen molar-refractivity contribution in [3.8, 4) is 0 Å². The van der Waals surface area contributed by atoms with E-state index in [1.165, 1.54) is 10.3 Å². The number of aromatic nitrogens is 1. The minimum Gasteiger partial charge on any atom is -0.398 e. The van der Waals surface area contributed by atoms with Crippen LogP contribution in [-0.4, -0.2) is 4.98 Å². The van der Waals surface area contributed by atoms with Crippen molar-refractivity contribution < 1.29 is 0 Å². The first-order valence-corrected chi connectivity index (χ1v) is 6.73. The van der Waals surface area contributed by atoms with E-state index in [0.717, 1.165) is 28.2 Å². The first-order chi connectivity index (χ1) is 8.72. The second kappa shape index (κ2) is 4.42. The molecule has 2 N–H and O–H groups in total. The smallest absolute Gasteiger partial charge is 0.0983 e. The summed E-state index contributed by atoms with van der Waals surface area (Å²) < 4.78 is 1.24. The highest BCUT2D eigenvalue weighted by atomic mass is 32.1. The Hall–Kier alpha value is -1.87. The molecule has 0 bridgehead atoms. The number of thiazole rings is 1. The first-order valence-electron chi connectivity index (χ1n) is 5.92. The molecule has 0 saturated carbocycles. The number of para-hydroxylation sites is 1. The molecule has 0 aliphatic rings. The normalized spacial score (nSPS) is 10.9. The zero-order chi connectivity index (χ0) is 12.5. The summed E-state index contributed by atoms with van der Waals surface area (Å²) in [4.78, 5) is 4.67. The molecule has 2 nitrogen and oxygen atoms in total. The molecule has 0 fully saturated rings. The van der Waals surface area contributed by atoms with Gasteiger partial charge < -0.3 is 5.73 Å². The second-order valence-electron chi connectivity index (χ2n) is 4.45. The molecule has 0 radical (unpaired) electrons. The number of aryl methyl sites for hydroxylation is 1. The average molecular weight is 254 g/mol. The summed E-state index contributed by atoms with van der Waals surface area (Å²) in [5.74, 6) is 0. The van der Waals surface area contributed by atoms with Gasteiger partial charge in [-0.15, -0.1) is 11.3 Å². The van der Waals surface area contributed by atoms with Gasteiger partial charge in [0.25, 0.3) is 0 Å². The summed E-state index contributed by atoms with van der Waals surface area (Å²) in [6, 6.07) is 14.4. The highest BCUT2D eigenvalue weighted by molar-refractivity contribution is 7.18. The second-order valence-corrected chi connectivity index (χ2v) is 5.57. The van der Waals surface area contributed by atoms with E-state index >= 15 is 0 Å². The van der Waals surface area contributed by atoms with Crippen molar-refractivity contribution in [3.05, 3.63) is 58.6 Å². The van der Waals surface area contributed by atoms with E-state index in [4.69, 9.17) is 5.73 Å². The lowest BCUT2D eigenvalue weighted by Gasteiger charge is -2.01. The Labute approximate surface area is 110 Å². The molecule has 0 saturated heterocycles. The van der Waals surface area contributed by atoms with Crippen LogP contribution in [0.25, 0.3) is 10.2 Å². The van der Waals surface area contributed by atoms with Gasteiger partial charge in [-0.1, -0.05) is 24.3 Å². The molecule has 3 rings (SSSR count). The number of hydrogen-bond donors (Lipinski definition) is 1. The zero-order valence-corrected chi connectivity index (χ0v) is 11.0. The molecule has 0 atom stereocenters. The monoisotopic (exact) mass is 254 g/mol. The van der Waals surface area contributed by atoms with Crippen LogP contribution in [0.2, 0.25) is 0 Å². The number of rotatable bonds is 2. The van der Waals surface area contributed by atoms with Gasteiger partial charge in [0.05, 0.1) is 15.2 Å². The quantitative estimate of drug-likeness (QED) is 0.707. The minimum absolute atomic E-state index is 0.811. The number of nitrogens with zero attached hydrogens (tertiary/aromatic N) is 1. The highest BCUT2D eigenvalue weighted by Gasteiger charge is 2.06. The van der Waals surface area contributed by atoms with Gasteiger partial charge in [-0.05, 0) is 36.2 Å². The van der Waals surface area contributed by atoms with Crippen molar-refractivity contribution in [3.63, 3.8) is 0 Å². The summed E-state index contributed by atoms with van der Waals surface area (Å²) in [6.07, 6.45) is 0.811. The number of anilines is 1. The van der Waals surface area contributed by atoms with E-state index in [0.29, 0.717) is 0 Å². The van der Waals surface area contributed by atoms with E-state index in [2.05, 4.69) is 36.2 Å². The summed E-state index contributed by atoms with van der Waals surface area (Å²) in [5, 5.41) is 1.12. The van der Waals surface area contributed by atoms with E-state index in [1.807, 2.05) is 18.2 Å². The maximum atomic E-state index is 5.96. The molecular formula is C15H14N2S. The van der Waals surface area contributed by atoms with Crippen LogP contribution in [0.1, 0.15) is 16.1 Å². The topological polar surface area (TPSA) is 38.9 Å². The van der Waals surface area contributed by atoms with Gasteiger partial charge in [-0.25, -0.2) is 4.98 Å². The van der Waals surface area contributed by atoms with Gasteiger partial charge in [-0.3, -0.25) is 0 Å². The molecular weight excluding hydrogens is 240 g/mol. The van der Waals surface area contributed by atoms with Gasteiger partial charge in [0.1, 0.15) is 0 Å². The summed E-state index contributed by atoms with van der Waals surface area (Å²) >= 11 is 1.74. The molecule has 0 aliphatic heterocycles. The van der Waals surface area contributed by atoms with Crippen LogP contribution in [0.15, 0.2) is 42.5 Å². The molecule has 0 amide bonds. The SMILES string of the molecule is Cc1ccc2sc(Cc3ccccc3N)nc2c1. The van der Waals surface area contributed by atoms with E-state index in [9.17, 15) is 0 Å². The molecule has 3 heteroatoms. The Bertz CT molecular complexity index is 701. The van der Waals surface area contributed by atoms with Gasteiger partial charge >= 0.3 is 0 Å². The van der Waals surface area contributed by atoms with E-state index < -0.39 is 0 Å². The van der Waals surface area contributed by atoms with Crippen molar-refractivity contribution in [2.45, 2.75) is 13.3 Å². The third-order valence-corrected chi connectivity index (χ3v) is 4.02. The van der Waals surface area contributed by atoms with Gasteiger partial charge in [0, 0.05) is 12.1 Å². The fraction of sp³-hybridized carbons (Fsp3) is 0.133. The van der Waals surface area contributed by atoms with Crippen LogP contribution < -0.4 is 5.73 Å². The van der Waals surface area contributed by atoms with Crippen LogP contribution in [0.5, 0.6) is 0 Å². The Morgan fingerprint density at radius 3 is 2.83 bits per heavy atom. The molecule has 0 spiro atoms. The van der Waals surface area contributed by atoms with E-state index in [1.54, 1.807) is 11.3 Å². The van der Waals surface area contributed by atoms with Crippen LogP contribution in [0.4, 0.5) is 5.69 Å². The number of benzene rings is 2. The third-order valence-electron chi connectivity index (χ3n) is 2.98. The van der Waals surface area contributed by atoms with Crippen molar-refractivity contribution in [1.82, 2.24) is 4.98 Å². The summed E-state index contributed by atoms with van der Waals surface area (Å²) in [5.41, 5.74) is 10.3. The van der Waals surface area contributed by atoms with Crippen LogP contribution in [-0.2, 0) is 6.42 Å². The number of hydrogen-bond acceptors (Lipinski definition) is 3. The van der Waals surface area contributed by atoms with Gasteiger partial charge in [0.15, 0.2) is 0 Å². The van der Waals surface area contributed by atoms with Gasteiger partial charge in [0.2, 0.25) is 0 Å². The van der Waals surface area contributed by atoms with Crippen molar-refractivity contribution >= 4 is 27.2 Å². The maximum absolute atomic E-state index is 5.96. The Morgan fingerprint density at radius 1 is 1.17 bits per heavy atom. The Balaban J connectivity index is 1.98. The molecule has 1 heterocycles. The molecule has 90 valence electrons. The predicted molar refractivity (Wildman–Crippen MR) is 78.0 cm³/mol. The Kier molecular flexibility index (Phi) is 2.76. The summed E-state index contributed by atoms with van der Waals surface area (Å²) in [6.45, 7) is 2.09. The highest BCUT2D eigenvalue weighted by Crippen LogP contribution is 2.26. The van der Waals surface area contributed by atoms with Crippen molar-refractivity contribution in [1.29, 1.82) is 0 Å². The Morgan fingerprint density at radius 2 is 2.00 bits per heavy atom. The van der Waals surface area contributed by atoms with E-state index in [-0.39, 0.29) is 0 Å². The lowest BCUT2D eigenvalue weighted by molar-refractivity contribution is 1.16. The lowest BCUT2D eigenvalue weighted by Crippen LogP contribution is -1.94. The molecule has 0 aliphatic carbocycles. The molecule has 0 unspecified atom stereocenters. The number of nitrogen functional groups attached to an aromatic ring is 1. The first kappa shape index (κ1) is 11.2. The predicted octanol–water partition coefficient (Wildman–Crippen LogP) is 3.78. The van der Waals surface area contributed by atoms with Gasteiger partial charge in [-0.2, -0.15) is 0 Å². The summed E-state index contributed by atoms with van der Waals surface area (Å²) in [7, 11) is 0. The number of fused-ring (bicyclic) bond motifs is 1.